The van der Waals surface area contributed by atoms with Crippen molar-refractivity contribution in [3.05, 3.63) is 35.9 Å². The molecule has 0 spiro atoms. The van der Waals surface area contributed by atoms with Crippen LogP contribution in [0.5, 0.6) is 0 Å². The molecule has 0 aliphatic heterocycles. The molecule has 3 nitrogen and oxygen atoms in total. The largest absolute Gasteiger partial charge is 0.369 e. The minimum atomic E-state index is 0.108. The average Bonchev–Trinajstić information content (AvgIpc) is 2.15. The molecule has 1 aromatic carbocycles. The summed E-state index contributed by atoms with van der Waals surface area (Å²) in [5, 5.41) is 7.16. The second-order valence-electron chi connectivity index (χ2n) is 2.71. The van der Waals surface area contributed by atoms with Crippen molar-refractivity contribution in [2.45, 2.75) is 6.42 Å². The van der Waals surface area contributed by atoms with E-state index >= 15 is 0 Å². The molecule has 0 aliphatic carbocycles. The first-order chi connectivity index (χ1) is 6.20. The highest BCUT2D eigenvalue weighted by Crippen LogP contribution is 2.03. The summed E-state index contributed by atoms with van der Waals surface area (Å²) in [5.74, 6) is 0.108. The molecule has 0 saturated heterocycles. The predicted molar refractivity (Wildman–Crippen MR) is 62.8 cm³/mol. The highest BCUT2D eigenvalue weighted by atomic mass is 127. The highest BCUT2D eigenvalue weighted by Gasteiger charge is 2.00. The molecular formula is C9H12IN3. The highest BCUT2D eigenvalue weighted by molar-refractivity contribution is 14.1. The van der Waals surface area contributed by atoms with E-state index < -0.39 is 0 Å². The zero-order valence-corrected chi connectivity index (χ0v) is 9.36. The summed E-state index contributed by atoms with van der Waals surface area (Å²) >= 11 is 2.04. The van der Waals surface area contributed by atoms with Gasteiger partial charge in [-0.25, -0.2) is 0 Å². The number of nitrogens with one attached hydrogen (secondary N) is 1. The van der Waals surface area contributed by atoms with Gasteiger partial charge in [0, 0.05) is 6.54 Å². The van der Waals surface area contributed by atoms with Crippen LogP contribution in [0.25, 0.3) is 0 Å². The monoisotopic (exact) mass is 289 g/mol. The van der Waals surface area contributed by atoms with Crippen molar-refractivity contribution in [3.8, 4) is 0 Å². The minimum absolute atomic E-state index is 0.108. The van der Waals surface area contributed by atoms with Gasteiger partial charge in [-0.1, -0.05) is 30.3 Å². The lowest BCUT2D eigenvalue weighted by Gasteiger charge is -2.13. The molecule has 70 valence electrons. The first kappa shape index (κ1) is 10.3. The maximum absolute atomic E-state index is 7.16. The summed E-state index contributed by atoms with van der Waals surface area (Å²) in [7, 11) is 0. The molecule has 0 heterocycles. The fourth-order valence-corrected chi connectivity index (χ4v) is 1.23. The number of hydrogen-bond acceptors (Lipinski definition) is 1. The van der Waals surface area contributed by atoms with Gasteiger partial charge in [0.2, 0.25) is 0 Å². The lowest BCUT2D eigenvalue weighted by atomic mass is 10.1. The van der Waals surface area contributed by atoms with Crippen molar-refractivity contribution in [1.82, 2.24) is 3.11 Å². The summed E-state index contributed by atoms with van der Waals surface area (Å²) in [4.78, 5) is 0. The van der Waals surface area contributed by atoms with Gasteiger partial charge in [-0.15, -0.1) is 0 Å². The number of hydrogen-bond donors (Lipinski definition) is 2. The topological polar surface area (TPSA) is 53.1 Å². The van der Waals surface area contributed by atoms with Crippen molar-refractivity contribution in [2.24, 2.45) is 5.73 Å². The Bertz CT molecular complexity index is 273. The molecule has 0 aromatic heterocycles. The molecule has 13 heavy (non-hydrogen) atoms. The average molecular weight is 289 g/mol. The molecular weight excluding hydrogens is 277 g/mol. The van der Waals surface area contributed by atoms with Crippen LogP contribution < -0.4 is 5.73 Å². The van der Waals surface area contributed by atoms with Gasteiger partial charge in [0.05, 0.1) is 22.9 Å². The normalized spacial score (nSPS) is 9.62. The van der Waals surface area contributed by atoms with E-state index in [0.29, 0.717) is 0 Å². The van der Waals surface area contributed by atoms with Gasteiger partial charge in [0.1, 0.15) is 0 Å². The standard InChI is InChI=1S/C9H12IN3/c10-13(9(11)12)7-6-8-4-2-1-3-5-8/h1-5H,6-7H2,(H3,11,12). The van der Waals surface area contributed by atoms with Gasteiger partial charge in [-0.2, -0.15) is 0 Å². The van der Waals surface area contributed by atoms with Crippen molar-refractivity contribution >= 4 is 28.8 Å². The maximum atomic E-state index is 7.16. The molecule has 0 fully saturated rings. The zero-order chi connectivity index (χ0) is 9.68. The Hall–Kier alpha value is -0.780. The van der Waals surface area contributed by atoms with Crippen LogP contribution in [-0.4, -0.2) is 15.6 Å². The Labute approximate surface area is 91.9 Å². The van der Waals surface area contributed by atoms with Gasteiger partial charge >= 0.3 is 0 Å². The molecule has 0 saturated carbocycles. The summed E-state index contributed by atoms with van der Waals surface area (Å²) in [6.07, 6.45) is 0.920. The van der Waals surface area contributed by atoms with E-state index in [2.05, 4.69) is 12.1 Å². The third-order valence-corrected chi connectivity index (χ3v) is 2.70. The maximum Gasteiger partial charge on any atom is 0.197 e. The van der Waals surface area contributed by atoms with E-state index in [1.165, 1.54) is 5.56 Å². The SMILES string of the molecule is N=C(N)N(I)CCc1ccccc1. The number of nitrogens with zero attached hydrogens (tertiary/aromatic N) is 1. The summed E-state index contributed by atoms with van der Waals surface area (Å²) in [6, 6.07) is 10.2. The smallest absolute Gasteiger partial charge is 0.197 e. The second-order valence-corrected chi connectivity index (χ2v) is 3.87. The molecule has 3 N–H and O–H groups in total. The van der Waals surface area contributed by atoms with Crippen molar-refractivity contribution < 1.29 is 0 Å². The Morgan fingerprint density at radius 3 is 2.54 bits per heavy atom. The first-order valence-corrected chi connectivity index (χ1v) is 4.98. The van der Waals surface area contributed by atoms with Gasteiger partial charge in [0.25, 0.3) is 0 Å². The Kier molecular flexibility index (Phi) is 4.01. The summed E-state index contributed by atoms with van der Waals surface area (Å²) in [5.41, 5.74) is 6.57. The third-order valence-electron chi connectivity index (χ3n) is 1.70. The molecule has 0 radical (unpaired) electrons. The third kappa shape index (κ3) is 3.63. The molecule has 0 aliphatic rings. The number of benzene rings is 1. The van der Waals surface area contributed by atoms with E-state index in [4.69, 9.17) is 11.1 Å². The number of rotatable bonds is 3. The first-order valence-electron chi connectivity index (χ1n) is 4.01. The van der Waals surface area contributed by atoms with Crippen LogP contribution >= 0.6 is 22.9 Å². The summed E-state index contributed by atoms with van der Waals surface area (Å²) < 4.78 is 1.70. The van der Waals surface area contributed by atoms with E-state index in [-0.39, 0.29) is 5.96 Å². The molecule has 0 atom stereocenters. The lowest BCUT2D eigenvalue weighted by Crippen LogP contribution is -2.29. The van der Waals surface area contributed by atoms with E-state index in [1.54, 1.807) is 3.11 Å². The van der Waals surface area contributed by atoms with Gasteiger partial charge in [-0.05, 0) is 12.0 Å². The van der Waals surface area contributed by atoms with Crippen LogP contribution in [-0.2, 0) is 6.42 Å². The zero-order valence-electron chi connectivity index (χ0n) is 7.20. The molecule has 0 amide bonds. The van der Waals surface area contributed by atoms with Gasteiger partial charge < -0.3 is 5.73 Å². The molecule has 1 aromatic rings. The van der Waals surface area contributed by atoms with Crippen LogP contribution in [0.1, 0.15) is 5.56 Å². The van der Waals surface area contributed by atoms with E-state index in [1.807, 2.05) is 41.1 Å². The van der Waals surface area contributed by atoms with Crippen molar-refractivity contribution in [3.63, 3.8) is 0 Å². The van der Waals surface area contributed by atoms with E-state index in [9.17, 15) is 0 Å². The predicted octanol–water partition coefficient (Wildman–Crippen LogP) is 1.77. The fourth-order valence-electron chi connectivity index (χ4n) is 0.992. The molecule has 0 bridgehead atoms. The van der Waals surface area contributed by atoms with Gasteiger partial charge in [-0.3, -0.25) is 8.52 Å². The molecule has 1 rings (SSSR count). The van der Waals surface area contributed by atoms with Crippen LogP contribution in [0, 0.1) is 5.41 Å². The van der Waals surface area contributed by atoms with Crippen LogP contribution in [0.2, 0.25) is 0 Å². The molecule has 4 heteroatoms. The second kappa shape index (κ2) is 5.06. The summed E-state index contributed by atoms with van der Waals surface area (Å²) in [6.45, 7) is 0.778. The number of guanidine groups is 1. The van der Waals surface area contributed by atoms with Crippen LogP contribution in [0.3, 0.4) is 0 Å². The van der Waals surface area contributed by atoms with Crippen molar-refractivity contribution in [2.75, 3.05) is 6.54 Å². The molecule has 0 unspecified atom stereocenters. The number of halogens is 1. The lowest BCUT2D eigenvalue weighted by molar-refractivity contribution is 0.695. The van der Waals surface area contributed by atoms with E-state index in [0.717, 1.165) is 13.0 Å². The Morgan fingerprint density at radius 2 is 2.00 bits per heavy atom. The Balaban J connectivity index is 2.39. The fraction of sp³-hybridized carbons (Fsp3) is 0.222. The van der Waals surface area contributed by atoms with Crippen LogP contribution in [0.4, 0.5) is 0 Å². The quantitative estimate of drug-likeness (QED) is 0.386. The minimum Gasteiger partial charge on any atom is -0.369 e. The van der Waals surface area contributed by atoms with Crippen molar-refractivity contribution in [1.29, 1.82) is 5.41 Å². The van der Waals surface area contributed by atoms with Gasteiger partial charge in [0.15, 0.2) is 5.96 Å². The Morgan fingerprint density at radius 1 is 1.38 bits per heavy atom. The number of nitrogens with two attached hydrogens (primary N) is 1. The van der Waals surface area contributed by atoms with Crippen LogP contribution in [0.15, 0.2) is 30.3 Å².